The van der Waals surface area contributed by atoms with Crippen LogP contribution in [0, 0.1) is 71.0 Å². The average molecular weight is 719 g/mol. The molecule has 4 saturated carbocycles. The van der Waals surface area contributed by atoms with E-state index in [9.17, 15) is 24.0 Å². The maximum absolute atomic E-state index is 11.0. The zero-order valence-electron chi connectivity index (χ0n) is 34.1. The second-order valence-corrected chi connectivity index (χ2v) is 14.3. The van der Waals surface area contributed by atoms with Gasteiger partial charge in [-0.05, 0) is 103 Å². The number of ketones is 2. The fourth-order valence-corrected chi connectivity index (χ4v) is 5.48. The molecule has 4 rings (SSSR count). The van der Waals surface area contributed by atoms with Gasteiger partial charge in [-0.15, -0.1) is 0 Å². The van der Waals surface area contributed by atoms with Gasteiger partial charge in [-0.25, -0.2) is 4.79 Å². The summed E-state index contributed by atoms with van der Waals surface area (Å²) in [7, 11) is 0. The van der Waals surface area contributed by atoms with Crippen molar-refractivity contribution in [2.75, 3.05) is 13.2 Å². The molecular formula is C38H67N2NaO9. The quantitative estimate of drug-likeness (QED) is 0.0992. The van der Waals surface area contributed by atoms with Crippen molar-refractivity contribution in [2.24, 2.45) is 71.0 Å². The van der Waals surface area contributed by atoms with Crippen molar-refractivity contribution in [3.8, 4) is 0 Å². The van der Waals surface area contributed by atoms with E-state index < -0.39 is 11.9 Å². The van der Waals surface area contributed by atoms with Crippen LogP contribution in [-0.4, -0.2) is 64.3 Å². The van der Waals surface area contributed by atoms with E-state index >= 15 is 0 Å². The molecule has 0 heterocycles. The minimum absolute atomic E-state index is 0. The Bertz CT molecular complexity index is 1050. The molecule has 0 aromatic rings. The smallest absolute Gasteiger partial charge is 0.870 e. The molecule has 0 aliphatic heterocycles. The van der Waals surface area contributed by atoms with Crippen LogP contribution in [0.3, 0.4) is 0 Å². The number of hydrogen-bond acceptors (Lipinski definition) is 8. The first-order valence-electron chi connectivity index (χ1n) is 17.4. The Labute approximate surface area is 324 Å². The molecule has 50 heavy (non-hydrogen) atoms. The fourth-order valence-electron chi connectivity index (χ4n) is 5.48. The molecule has 11 nitrogen and oxygen atoms in total. The van der Waals surface area contributed by atoms with Crippen molar-refractivity contribution in [3.05, 3.63) is 16.7 Å². The Morgan fingerprint density at radius 2 is 0.860 bits per heavy atom. The van der Waals surface area contributed by atoms with Crippen LogP contribution in [0.1, 0.15) is 111 Å². The second-order valence-electron chi connectivity index (χ2n) is 14.3. The van der Waals surface area contributed by atoms with Gasteiger partial charge in [0.2, 0.25) is 0 Å². The van der Waals surface area contributed by atoms with Crippen LogP contribution in [0.25, 0.3) is 5.53 Å². The zero-order valence-corrected chi connectivity index (χ0v) is 36.1. The van der Waals surface area contributed by atoms with Gasteiger partial charge in [0.25, 0.3) is 0 Å². The van der Waals surface area contributed by atoms with Gasteiger partial charge in [-0.2, -0.15) is 4.79 Å². The Morgan fingerprint density at radius 1 is 0.580 bits per heavy atom. The van der Waals surface area contributed by atoms with Crippen molar-refractivity contribution >= 4 is 35.7 Å². The summed E-state index contributed by atoms with van der Waals surface area (Å²) in [6.07, 6.45) is 0.698. The number of carbonyl (C=O) groups excluding carboxylic acids is 4. The number of hydrogen-bond donors (Lipinski definition) is 1. The van der Waals surface area contributed by atoms with Crippen molar-refractivity contribution in [1.82, 2.24) is 0 Å². The summed E-state index contributed by atoms with van der Waals surface area (Å²) in [5.74, 6) is 4.94. The minimum atomic E-state index is -0.634. The largest absolute Gasteiger partial charge is 1.00 e. The van der Waals surface area contributed by atoms with Gasteiger partial charge in [-0.3, -0.25) is 19.2 Å². The average Bonchev–Trinajstić information content (AvgIpc) is 3.94. The van der Waals surface area contributed by atoms with Gasteiger partial charge in [0.05, 0.1) is 25.0 Å². The molecule has 2 N–H and O–H groups in total. The number of carboxylic acid groups (broad SMARTS) is 1. The summed E-state index contributed by atoms with van der Waals surface area (Å²) in [5, 5.41) is 8.39. The first-order chi connectivity index (χ1) is 22.1. The molecule has 0 aromatic heterocycles. The first kappa shape index (κ1) is 54.6. The topological polar surface area (TPSA) is 190 Å². The minimum Gasteiger partial charge on any atom is -0.870 e. The van der Waals surface area contributed by atoms with Crippen LogP contribution in [0.4, 0.5) is 0 Å². The monoisotopic (exact) mass is 718 g/mol. The second kappa shape index (κ2) is 26.6. The summed E-state index contributed by atoms with van der Waals surface area (Å²) in [5.41, 5.74) is 10.6. The fraction of sp³-hybridized carbons (Fsp3) is 0.789. The normalized spacial score (nSPS) is 30.7. The number of ether oxygens (including phenoxy) is 2. The molecule has 0 saturated heterocycles. The molecule has 4 fully saturated rings. The third kappa shape index (κ3) is 20.6. The molecule has 8 unspecified atom stereocenters. The standard InChI is InChI=1S/C8H14O2.2C7H12O.C6H10O2.C6H12.C4H6N2O2.Na.H2O/c1-4-10-8(9)7-5(2)6(7)3;2*1-4-5(2)7(4)6(3)8;1-3-4(2)5(3)6(7)8;1-5(2)6(3)4;1-2-8-4(7)3-6-5;;/h5-7H,4H2,1-3H3;2*4-5,7H,1-3H3;3-5H,1-2H3,(H,7,8);1-4H3;3H,2H2,1H3;;1H2/q;;;;;;+1;/p-1. The number of esters is 2. The summed E-state index contributed by atoms with van der Waals surface area (Å²) in [6.45, 7) is 32.8. The van der Waals surface area contributed by atoms with Gasteiger partial charge >= 0.3 is 53.7 Å². The van der Waals surface area contributed by atoms with Crippen molar-refractivity contribution in [1.29, 1.82) is 0 Å². The number of Topliss-reactive ketones (excluding diaryl/α,β-unsaturated/α-hetero) is 2. The SMILES string of the molecule is CC(=O)C1C(C)C1C.CC(=O)C1C(C)C1C.CC(C)=C(C)C.CC1C(C)C1C(=O)O.CCOC(=O)C1C(C)C1C.CCOC(=O)C=[N+]=[N-].[Na+].[OH-]. The van der Waals surface area contributed by atoms with E-state index in [0.717, 1.165) is 0 Å². The van der Waals surface area contributed by atoms with Crippen molar-refractivity contribution in [2.45, 2.75) is 111 Å². The Balaban J connectivity index is -0.000000253. The third-order valence-electron chi connectivity index (χ3n) is 10.5. The number of carboxylic acids is 1. The summed E-state index contributed by atoms with van der Waals surface area (Å²) in [6, 6.07) is 0. The van der Waals surface area contributed by atoms with E-state index in [-0.39, 0.29) is 52.8 Å². The number of carbonyl (C=O) groups is 5. The zero-order chi connectivity index (χ0) is 38.2. The molecule has 0 amide bonds. The Hall–Kier alpha value is -2.17. The molecule has 8 atom stereocenters. The molecular weight excluding hydrogens is 651 g/mol. The molecule has 4 aliphatic rings. The van der Waals surface area contributed by atoms with E-state index in [0.29, 0.717) is 90.2 Å². The Morgan fingerprint density at radius 3 is 0.980 bits per heavy atom. The summed E-state index contributed by atoms with van der Waals surface area (Å²) < 4.78 is 9.20. The van der Waals surface area contributed by atoms with Gasteiger partial charge in [0.15, 0.2) is 0 Å². The van der Waals surface area contributed by atoms with Gasteiger partial charge in [0.1, 0.15) is 11.6 Å². The molecule has 0 aromatic carbocycles. The third-order valence-corrected chi connectivity index (χ3v) is 10.5. The van der Waals surface area contributed by atoms with Gasteiger partial charge < -0.3 is 25.6 Å². The van der Waals surface area contributed by atoms with E-state index in [1.807, 2.05) is 20.8 Å². The van der Waals surface area contributed by atoms with Crippen LogP contribution in [0.15, 0.2) is 11.1 Å². The molecule has 4 aliphatic carbocycles. The van der Waals surface area contributed by atoms with Crippen molar-refractivity contribution in [3.63, 3.8) is 0 Å². The Kier molecular flexibility index (Phi) is 29.0. The van der Waals surface area contributed by atoms with Crippen LogP contribution < -0.4 is 29.6 Å². The summed E-state index contributed by atoms with van der Waals surface area (Å²) in [4.78, 5) is 55.0. The first-order valence-corrected chi connectivity index (χ1v) is 17.4. The molecule has 0 radical (unpaired) electrons. The maximum atomic E-state index is 11.0. The van der Waals surface area contributed by atoms with Crippen molar-refractivity contribution < 1.29 is 78.4 Å². The predicted octanol–water partition coefficient (Wildman–Crippen LogP) is 4.42. The van der Waals surface area contributed by atoms with Crippen LogP contribution in [0.2, 0.25) is 0 Å². The van der Waals surface area contributed by atoms with Gasteiger partial charge in [0, 0.05) is 11.8 Å². The van der Waals surface area contributed by atoms with E-state index in [4.69, 9.17) is 15.4 Å². The van der Waals surface area contributed by atoms with E-state index in [1.165, 1.54) is 11.1 Å². The van der Waals surface area contributed by atoms with E-state index in [2.05, 4.69) is 78.8 Å². The summed E-state index contributed by atoms with van der Waals surface area (Å²) >= 11 is 0. The van der Waals surface area contributed by atoms with Crippen LogP contribution in [0.5, 0.6) is 0 Å². The molecule has 0 spiro atoms. The number of aliphatic carboxylic acids is 1. The number of allylic oxidation sites excluding steroid dienone is 2. The molecule has 0 bridgehead atoms. The molecule has 284 valence electrons. The predicted molar refractivity (Wildman–Crippen MR) is 191 cm³/mol. The van der Waals surface area contributed by atoms with Gasteiger partial charge in [-0.1, -0.05) is 66.5 Å². The van der Waals surface area contributed by atoms with E-state index in [1.54, 1.807) is 20.8 Å². The van der Waals surface area contributed by atoms with Crippen LogP contribution in [-0.2, 0) is 33.4 Å². The van der Waals surface area contributed by atoms with Crippen LogP contribution >= 0.6 is 0 Å². The number of rotatable bonds is 7. The number of nitrogens with zero attached hydrogens (tertiary/aromatic N) is 2. The maximum Gasteiger partial charge on any atom is 1.00 e. The molecule has 12 heteroatoms.